The van der Waals surface area contributed by atoms with Gasteiger partial charge in [-0.1, -0.05) is 6.42 Å². The highest BCUT2D eigenvalue weighted by atomic mass is 32.2. The molecule has 0 radical (unpaired) electrons. The third kappa shape index (κ3) is 3.87. The van der Waals surface area contributed by atoms with Crippen LogP contribution in [0.15, 0.2) is 0 Å². The van der Waals surface area contributed by atoms with E-state index in [0.29, 0.717) is 23.9 Å². The Balaban J connectivity index is 1.71. The first-order chi connectivity index (χ1) is 8.69. The number of nitrogens with one attached hydrogen (secondary N) is 1. The van der Waals surface area contributed by atoms with Gasteiger partial charge in [-0.2, -0.15) is 11.8 Å². The molecule has 2 unspecified atom stereocenters. The Kier molecular flexibility index (Phi) is 5.33. The number of likely N-dealkylation sites (tertiary alicyclic amines) is 1. The van der Waals surface area contributed by atoms with Crippen molar-refractivity contribution in [1.82, 2.24) is 10.2 Å². The Bertz CT molecular complexity index is 279. The van der Waals surface area contributed by atoms with E-state index in [0.717, 1.165) is 32.4 Å². The maximum Gasteiger partial charge on any atom is 0.234 e. The highest BCUT2D eigenvalue weighted by molar-refractivity contribution is 7.99. The summed E-state index contributed by atoms with van der Waals surface area (Å²) in [6, 6.07) is 0.722. The smallest absolute Gasteiger partial charge is 0.234 e. The molecule has 104 valence electrons. The normalized spacial score (nSPS) is 30.6. The third-order valence-corrected chi connectivity index (χ3v) is 5.27. The van der Waals surface area contributed by atoms with E-state index in [-0.39, 0.29) is 5.91 Å². The van der Waals surface area contributed by atoms with Crippen LogP contribution in [0.5, 0.6) is 0 Å². The van der Waals surface area contributed by atoms with Crippen molar-refractivity contribution in [2.24, 2.45) is 5.73 Å². The minimum Gasteiger partial charge on any atom is -0.351 e. The zero-order valence-electron chi connectivity index (χ0n) is 11.2. The summed E-state index contributed by atoms with van der Waals surface area (Å²) in [5, 5.41) is 3.82. The lowest BCUT2D eigenvalue weighted by Gasteiger charge is -2.30. The molecule has 0 spiro atoms. The highest BCUT2D eigenvalue weighted by Gasteiger charge is 2.28. The molecule has 1 aliphatic heterocycles. The molecule has 1 saturated heterocycles. The van der Waals surface area contributed by atoms with Crippen molar-refractivity contribution in [2.45, 2.75) is 49.4 Å². The summed E-state index contributed by atoms with van der Waals surface area (Å²) in [5.74, 6) is 0.191. The number of rotatable bonds is 4. The second-order valence-corrected chi connectivity index (χ2v) is 6.57. The van der Waals surface area contributed by atoms with Crippen LogP contribution in [0.2, 0.25) is 0 Å². The Labute approximate surface area is 114 Å². The molecule has 2 fully saturated rings. The number of nitrogens with two attached hydrogens (primary N) is 1. The van der Waals surface area contributed by atoms with Gasteiger partial charge in [0.1, 0.15) is 0 Å². The molecule has 1 saturated carbocycles. The Hall–Kier alpha value is -0.260. The highest BCUT2D eigenvalue weighted by Crippen LogP contribution is 2.28. The Morgan fingerprint density at radius 3 is 2.72 bits per heavy atom. The third-order valence-electron chi connectivity index (χ3n) is 4.10. The van der Waals surface area contributed by atoms with E-state index < -0.39 is 0 Å². The Morgan fingerprint density at radius 1 is 1.33 bits per heavy atom. The maximum absolute atomic E-state index is 12.0. The number of carbonyl (C=O) groups is 1. The number of hydrogen-bond donors (Lipinski definition) is 2. The summed E-state index contributed by atoms with van der Waals surface area (Å²) >= 11 is 1.88. The molecule has 18 heavy (non-hydrogen) atoms. The van der Waals surface area contributed by atoms with E-state index in [2.05, 4.69) is 16.5 Å². The van der Waals surface area contributed by atoms with Gasteiger partial charge in [-0.15, -0.1) is 0 Å². The summed E-state index contributed by atoms with van der Waals surface area (Å²) in [6.45, 7) is 2.47. The van der Waals surface area contributed by atoms with Crippen molar-refractivity contribution < 1.29 is 4.79 Å². The van der Waals surface area contributed by atoms with E-state index in [1.54, 1.807) is 0 Å². The summed E-state index contributed by atoms with van der Waals surface area (Å²) in [6.07, 6.45) is 7.80. The fourth-order valence-corrected chi connectivity index (χ4v) is 3.87. The molecule has 1 heterocycles. The summed E-state index contributed by atoms with van der Waals surface area (Å²) < 4.78 is 0. The predicted octanol–water partition coefficient (Wildman–Crippen LogP) is 0.810. The quantitative estimate of drug-likeness (QED) is 0.794. The molecule has 4 nitrogen and oxygen atoms in total. The van der Waals surface area contributed by atoms with Crippen LogP contribution in [0.1, 0.15) is 32.1 Å². The SMILES string of the molecule is CSC1CCCC1NC(=O)CN1CCC(N)CC1. The van der Waals surface area contributed by atoms with E-state index in [4.69, 9.17) is 5.73 Å². The number of thioether (sulfide) groups is 1. The molecule has 0 bridgehead atoms. The molecule has 0 aromatic rings. The van der Waals surface area contributed by atoms with E-state index in [1.807, 2.05) is 11.8 Å². The summed E-state index contributed by atoms with van der Waals surface area (Å²) in [4.78, 5) is 14.2. The van der Waals surface area contributed by atoms with Gasteiger partial charge < -0.3 is 11.1 Å². The fraction of sp³-hybridized carbons (Fsp3) is 0.923. The van der Waals surface area contributed by atoms with Gasteiger partial charge in [0.25, 0.3) is 0 Å². The number of nitrogens with zero attached hydrogens (tertiary/aromatic N) is 1. The predicted molar refractivity (Wildman–Crippen MR) is 76.7 cm³/mol. The maximum atomic E-state index is 12.0. The number of carbonyl (C=O) groups excluding carboxylic acids is 1. The van der Waals surface area contributed by atoms with Gasteiger partial charge in [0.05, 0.1) is 6.54 Å². The van der Waals surface area contributed by atoms with Gasteiger partial charge in [0.15, 0.2) is 0 Å². The summed E-state index contributed by atoms with van der Waals surface area (Å²) in [5.41, 5.74) is 5.87. The second kappa shape index (κ2) is 6.78. The van der Waals surface area contributed by atoms with Gasteiger partial charge in [0.2, 0.25) is 5.91 Å². The molecule has 2 aliphatic rings. The first-order valence-corrected chi connectivity index (χ1v) is 8.28. The van der Waals surface area contributed by atoms with Crippen LogP contribution >= 0.6 is 11.8 Å². The standard InChI is InChI=1S/C13H25N3OS/c1-18-12-4-2-3-11(12)15-13(17)9-16-7-5-10(14)6-8-16/h10-12H,2-9,14H2,1H3,(H,15,17). The van der Waals surface area contributed by atoms with Crippen LogP contribution in [0.4, 0.5) is 0 Å². The first kappa shape index (κ1) is 14.2. The first-order valence-electron chi connectivity index (χ1n) is 6.99. The van der Waals surface area contributed by atoms with Gasteiger partial charge >= 0.3 is 0 Å². The zero-order valence-corrected chi connectivity index (χ0v) is 12.0. The monoisotopic (exact) mass is 271 g/mol. The van der Waals surface area contributed by atoms with Crippen molar-refractivity contribution in [3.63, 3.8) is 0 Å². The minimum absolute atomic E-state index is 0.191. The van der Waals surface area contributed by atoms with Crippen molar-refractivity contribution in [3.8, 4) is 0 Å². The van der Waals surface area contributed by atoms with E-state index in [9.17, 15) is 4.79 Å². The van der Waals surface area contributed by atoms with E-state index in [1.165, 1.54) is 12.8 Å². The molecule has 3 N–H and O–H groups in total. The largest absolute Gasteiger partial charge is 0.351 e. The average Bonchev–Trinajstić information content (AvgIpc) is 2.79. The molecule has 1 aliphatic carbocycles. The van der Waals surface area contributed by atoms with Crippen molar-refractivity contribution >= 4 is 17.7 Å². The van der Waals surface area contributed by atoms with Crippen LogP contribution in [0.3, 0.4) is 0 Å². The molecule has 2 atom stereocenters. The molecule has 1 amide bonds. The fourth-order valence-electron chi connectivity index (χ4n) is 2.94. The molecule has 0 aromatic heterocycles. The molecule has 0 aromatic carbocycles. The minimum atomic E-state index is 0.191. The zero-order chi connectivity index (χ0) is 13.0. The topological polar surface area (TPSA) is 58.4 Å². The number of hydrogen-bond acceptors (Lipinski definition) is 4. The molecular formula is C13H25N3OS. The van der Waals surface area contributed by atoms with Crippen molar-refractivity contribution in [1.29, 1.82) is 0 Å². The number of amides is 1. The van der Waals surface area contributed by atoms with Gasteiger partial charge in [-0.05, 0) is 31.9 Å². The van der Waals surface area contributed by atoms with Crippen LogP contribution in [0.25, 0.3) is 0 Å². The molecule has 2 rings (SSSR count). The van der Waals surface area contributed by atoms with Crippen LogP contribution in [-0.4, -0.2) is 54.0 Å². The Morgan fingerprint density at radius 2 is 2.06 bits per heavy atom. The van der Waals surface area contributed by atoms with Crippen LogP contribution in [0, 0.1) is 0 Å². The van der Waals surface area contributed by atoms with Gasteiger partial charge in [0, 0.05) is 30.4 Å². The van der Waals surface area contributed by atoms with E-state index >= 15 is 0 Å². The van der Waals surface area contributed by atoms with Crippen LogP contribution < -0.4 is 11.1 Å². The lowest BCUT2D eigenvalue weighted by Crippen LogP contribution is -2.47. The molecular weight excluding hydrogens is 246 g/mol. The van der Waals surface area contributed by atoms with Crippen molar-refractivity contribution in [3.05, 3.63) is 0 Å². The molecule has 5 heteroatoms. The van der Waals surface area contributed by atoms with Crippen LogP contribution in [-0.2, 0) is 4.79 Å². The van der Waals surface area contributed by atoms with Crippen molar-refractivity contribution in [2.75, 3.05) is 25.9 Å². The van der Waals surface area contributed by atoms with Gasteiger partial charge in [-0.3, -0.25) is 9.69 Å². The lowest BCUT2D eigenvalue weighted by molar-refractivity contribution is -0.123. The average molecular weight is 271 g/mol. The lowest BCUT2D eigenvalue weighted by atomic mass is 10.1. The second-order valence-electron chi connectivity index (χ2n) is 5.49. The van der Waals surface area contributed by atoms with Gasteiger partial charge in [-0.25, -0.2) is 0 Å². The summed E-state index contributed by atoms with van der Waals surface area (Å²) in [7, 11) is 0. The number of piperidine rings is 1.